The van der Waals surface area contributed by atoms with Crippen LogP contribution in [0.2, 0.25) is 0 Å². The van der Waals surface area contributed by atoms with Crippen molar-refractivity contribution in [1.29, 1.82) is 0 Å². The number of ether oxygens (including phenoxy) is 1. The number of para-hydroxylation sites is 1. The number of carbonyl (C=O) groups excluding carboxylic acids is 1. The van der Waals surface area contributed by atoms with E-state index in [1.807, 2.05) is 50.2 Å². The van der Waals surface area contributed by atoms with Gasteiger partial charge in [-0.25, -0.2) is 0 Å². The van der Waals surface area contributed by atoms with Gasteiger partial charge in [0.2, 0.25) is 0 Å². The zero-order valence-electron chi connectivity index (χ0n) is 11.5. The lowest BCUT2D eigenvalue weighted by Crippen LogP contribution is -2.17. The molecule has 2 aromatic rings. The Morgan fingerprint density at radius 2 is 1.58 bits per heavy atom. The molecule has 0 aliphatic heterocycles. The molecule has 0 unspecified atom stereocenters. The summed E-state index contributed by atoms with van der Waals surface area (Å²) in [5.74, 6) is 1.28. The van der Waals surface area contributed by atoms with E-state index in [0.29, 0.717) is 11.3 Å². The minimum Gasteiger partial charge on any atom is -0.457 e. The number of benzene rings is 2. The van der Waals surface area contributed by atoms with Crippen LogP contribution in [0.1, 0.15) is 24.2 Å². The first-order chi connectivity index (χ1) is 9.29. The summed E-state index contributed by atoms with van der Waals surface area (Å²) < 4.78 is 5.63. The Bertz CT molecular complexity index is 509. The van der Waals surface area contributed by atoms with Gasteiger partial charge in [-0.05, 0) is 30.3 Å². The number of nitrogens with one attached hydrogen (secondary N) is 1. The quantitative estimate of drug-likeness (QED) is 0.906. The second kappa shape index (κ2) is 7.93. The van der Waals surface area contributed by atoms with E-state index in [2.05, 4.69) is 5.32 Å². The third-order valence-electron chi connectivity index (χ3n) is 2.30. The molecule has 3 heteroatoms. The molecule has 100 valence electrons. The molecular weight excluding hydrogens is 238 g/mol. The standard InChI is InChI=1S/C14H13NO2.C2H6/c1-15-14(16)11-6-5-9-13(10-11)17-12-7-3-2-4-8-12;1-2/h2-10H,1H3,(H,15,16);1-2H3. The predicted molar refractivity (Wildman–Crippen MR) is 77.7 cm³/mol. The van der Waals surface area contributed by atoms with Crippen LogP contribution in [-0.2, 0) is 0 Å². The monoisotopic (exact) mass is 257 g/mol. The van der Waals surface area contributed by atoms with Gasteiger partial charge in [0.05, 0.1) is 0 Å². The van der Waals surface area contributed by atoms with Crippen LogP contribution in [0.25, 0.3) is 0 Å². The molecule has 1 N–H and O–H groups in total. The maximum Gasteiger partial charge on any atom is 0.251 e. The Morgan fingerprint density at radius 3 is 2.21 bits per heavy atom. The SMILES string of the molecule is CC.CNC(=O)c1cccc(Oc2ccccc2)c1. The fourth-order valence-electron chi connectivity index (χ4n) is 1.47. The maximum atomic E-state index is 11.5. The zero-order valence-corrected chi connectivity index (χ0v) is 11.5. The summed E-state index contributed by atoms with van der Waals surface area (Å²) >= 11 is 0. The van der Waals surface area contributed by atoms with Crippen LogP contribution >= 0.6 is 0 Å². The topological polar surface area (TPSA) is 38.3 Å². The van der Waals surface area contributed by atoms with Gasteiger partial charge in [-0.3, -0.25) is 4.79 Å². The van der Waals surface area contributed by atoms with Crippen LogP contribution in [0.3, 0.4) is 0 Å². The summed E-state index contributed by atoms with van der Waals surface area (Å²) in [6.07, 6.45) is 0. The van der Waals surface area contributed by atoms with Gasteiger partial charge in [-0.1, -0.05) is 38.1 Å². The van der Waals surface area contributed by atoms with Crippen molar-refractivity contribution in [2.24, 2.45) is 0 Å². The van der Waals surface area contributed by atoms with Gasteiger partial charge in [0.25, 0.3) is 5.91 Å². The Kier molecular flexibility index (Phi) is 6.16. The van der Waals surface area contributed by atoms with Gasteiger partial charge < -0.3 is 10.1 Å². The molecule has 0 bridgehead atoms. The molecule has 2 rings (SSSR count). The molecule has 0 aromatic heterocycles. The van der Waals surface area contributed by atoms with Gasteiger partial charge >= 0.3 is 0 Å². The first-order valence-corrected chi connectivity index (χ1v) is 6.34. The second-order valence-electron chi connectivity index (χ2n) is 3.52. The zero-order chi connectivity index (χ0) is 14.1. The Hall–Kier alpha value is -2.29. The Morgan fingerprint density at radius 1 is 0.947 bits per heavy atom. The van der Waals surface area contributed by atoms with E-state index in [1.165, 1.54) is 0 Å². The van der Waals surface area contributed by atoms with E-state index >= 15 is 0 Å². The van der Waals surface area contributed by atoms with Gasteiger partial charge in [-0.2, -0.15) is 0 Å². The summed E-state index contributed by atoms with van der Waals surface area (Å²) in [6, 6.07) is 16.5. The fourth-order valence-corrected chi connectivity index (χ4v) is 1.47. The van der Waals surface area contributed by atoms with Crippen molar-refractivity contribution >= 4 is 5.91 Å². The summed E-state index contributed by atoms with van der Waals surface area (Å²) in [5.41, 5.74) is 0.584. The highest BCUT2D eigenvalue weighted by Gasteiger charge is 2.04. The van der Waals surface area contributed by atoms with E-state index in [-0.39, 0.29) is 5.91 Å². The van der Waals surface area contributed by atoms with Crippen LogP contribution < -0.4 is 10.1 Å². The van der Waals surface area contributed by atoms with E-state index in [1.54, 1.807) is 25.2 Å². The molecule has 0 fully saturated rings. The summed E-state index contributed by atoms with van der Waals surface area (Å²) in [7, 11) is 1.60. The van der Waals surface area contributed by atoms with Crippen LogP contribution in [0.15, 0.2) is 54.6 Å². The molecule has 0 aliphatic carbocycles. The first-order valence-electron chi connectivity index (χ1n) is 6.34. The molecule has 0 aliphatic rings. The lowest BCUT2D eigenvalue weighted by Gasteiger charge is -2.06. The minimum absolute atomic E-state index is 0.122. The normalized spacial score (nSPS) is 9.00. The third-order valence-corrected chi connectivity index (χ3v) is 2.30. The van der Waals surface area contributed by atoms with Gasteiger partial charge in [0.1, 0.15) is 11.5 Å². The van der Waals surface area contributed by atoms with E-state index < -0.39 is 0 Å². The molecule has 0 heterocycles. The highest BCUT2D eigenvalue weighted by atomic mass is 16.5. The molecule has 0 saturated heterocycles. The molecule has 19 heavy (non-hydrogen) atoms. The summed E-state index contributed by atoms with van der Waals surface area (Å²) in [5, 5.41) is 2.58. The number of rotatable bonds is 3. The average molecular weight is 257 g/mol. The van der Waals surface area contributed by atoms with Crippen LogP contribution in [0, 0.1) is 0 Å². The second-order valence-corrected chi connectivity index (χ2v) is 3.52. The van der Waals surface area contributed by atoms with Crippen LogP contribution in [0.4, 0.5) is 0 Å². The van der Waals surface area contributed by atoms with Crippen LogP contribution in [0.5, 0.6) is 11.5 Å². The van der Waals surface area contributed by atoms with Gasteiger partial charge in [0, 0.05) is 12.6 Å². The fraction of sp³-hybridized carbons (Fsp3) is 0.188. The third kappa shape index (κ3) is 4.47. The Labute approximate surface area is 114 Å². The highest BCUT2D eigenvalue weighted by molar-refractivity contribution is 5.94. The molecule has 0 atom stereocenters. The number of amides is 1. The molecule has 0 spiro atoms. The smallest absolute Gasteiger partial charge is 0.251 e. The lowest BCUT2D eigenvalue weighted by atomic mass is 10.2. The average Bonchev–Trinajstić information content (AvgIpc) is 2.50. The largest absolute Gasteiger partial charge is 0.457 e. The molecule has 0 saturated carbocycles. The first kappa shape index (κ1) is 14.8. The van der Waals surface area contributed by atoms with E-state index in [9.17, 15) is 4.79 Å². The lowest BCUT2D eigenvalue weighted by molar-refractivity contribution is 0.0963. The van der Waals surface area contributed by atoms with Gasteiger partial charge in [0.15, 0.2) is 0 Å². The molecule has 0 radical (unpaired) electrons. The van der Waals surface area contributed by atoms with Crippen molar-refractivity contribution in [3.63, 3.8) is 0 Å². The van der Waals surface area contributed by atoms with Crippen molar-refractivity contribution in [2.75, 3.05) is 7.05 Å². The van der Waals surface area contributed by atoms with Gasteiger partial charge in [-0.15, -0.1) is 0 Å². The van der Waals surface area contributed by atoms with Crippen molar-refractivity contribution < 1.29 is 9.53 Å². The summed E-state index contributed by atoms with van der Waals surface area (Å²) in [4.78, 5) is 11.5. The summed E-state index contributed by atoms with van der Waals surface area (Å²) in [6.45, 7) is 4.00. The number of carbonyl (C=O) groups is 1. The minimum atomic E-state index is -0.122. The van der Waals surface area contributed by atoms with Crippen LogP contribution in [-0.4, -0.2) is 13.0 Å². The van der Waals surface area contributed by atoms with E-state index in [4.69, 9.17) is 4.74 Å². The van der Waals surface area contributed by atoms with Crippen molar-refractivity contribution in [3.8, 4) is 11.5 Å². The van der Waals surface area contributed by atoms with Crippen molar-refractivity contribution in [1.82, 2.24) is 5.32 Å². The molecule has 2 aromatic carbocycles. The molecular formula is C16H19NO2. The van der Waals surface area contributed by atoms with Crippen molar-refractivity contribution in [3.05, 3.63) is 60.2 Å². The Balaban J connectivity index is 0.000000861. The molecule has 1 amide bonds. The number of hydrogen-bond donors (Lipinski definition) is 1. The van der Waals surface area contributed by atoms with Crippen molar-refractivity contribution in [2.45, 2.75) is 13.8 Å². The number of hydrogen-bond acceptors (Lipinski definition) is 2. The maximum absolute atomic E-state index is 11.5. The highest BCUT2D eigenvalue weighted by Crippen LogP contribution is 2.21. The molecule has 3 nitrogen and oxygen atoms in total. The predicted octanol–water partition coefficient (Wildman–Crippen LogP) is 3.86. The van der Waals surface area contributed by atoms with E-state index in [0.717, 1.165) is 5.75 Å².